The predicted octanol–water partition coefficient (Wildman–Crippen LogP) is 4.37. The number of benzene rings is 1. The van der Waals surface area contributed by atoms with Crippen LogP contribution in [0.3, 0.4) is 0 Å². The maximum Gasteiger partial charge on any atom is 0.254 e. The Morgan fingerprint density at radius 2 is 1.92 bits per heavy atom. The van der Waals surface area contributed by atoms with Gasteiger partial charge in [0.2, 0.25) is 0 Å². The van der Waals surface area contributed by atoms with Gasteiger partial charge < -0.3 is 29.2 Å². The van der Waals surface area contributed by atoms with Crippen molar-refractivity contribution in [1.82, 2.24) is 10.3 Å². The zero-order chi connectivity index (χ0) is 25.4. The lowest BCUT2D eigenvalue weighted by Crippen LogP contribution is -2.43. The van der Waals surface area contributed by atoms with E-state index in [-0.39, 0.29) is 24.1 Å². The van der Waals surface area contributed by atoms with Gasteiger partial charge in [-0.05, 0) is 51.0 Å². The van der Waals surface area contributed by atoms with Crippen LogP contribution in [0.4, 0.5) is 0 Å². The summed E-state index contributed by atoms with van der Waals surface area (Å²) in [6.45, 7) is 5.48. The molecule has 3 aliphatic rings. The van der Waals surface area contributed by atoms with E-state index >= 15 is 0 Å². The second-order valence-corrected chi connectivity index (χ2v) is 10.9. The van der Waals surface area contributed by atoms with Crippen LogP contribution in [-0.2, 0) is 16.0 Å². The minimum Gasteiger partial charge on any atom is -0.484 e. The summed E-state index contributed by atoms with van der Waals surface area (Å²) in [5.41, 5.74) is 2.15. The first-order chi connectivity index (χ1) is 17.3. The summed E-state index contributed by atoms with van der Waals surface area (Å²) in [6.07, 6.45) is 5.27. The molecule has 2 aromatic rings. The maximum absolute atomic E-state index is 13.2. The average molecular weight is 535 g/mol. The van der Waals surface area contributed by atoms with Gasteiger partial charge >= 0.3 is 0 Å². The number of pyridine rings is 1. The van der Waals surface area contributed by atoms with Crippen molar-refractivity contribution in [3.05, 3.63) is 49.9 Å². The molecule has 1 aromatic carbocycles. The molecule has 1 aromatic heterocycles. The van der Waals surface area contributed by atoms with Crippen molar-refractivity contribution in [1.29, 1.82) is 0 Å². The highest BCUT2D eigenvalue weighted by molar-refractivity contribution is 7.98. The molecular weight excluding hydrogens is 504 g/mol. The third-order valence-corrected chi connectivity index (χ3v) is 8.44. The smallest absolute Gasteiger partial charge is 0.254 e. The van der Waals surface area contributed by atoms with E-state index in [9.17, 15) is 9.59 Å². The van der Waals surface area contributed by atoms with Crippen LogP contribution in [-0.4, -0.2) is 48.9 Å². The molecule has 1 spiro atoms. The largest absolute Gasteiger partial charge is 0.484 e. The number of rotatable bonds is 5. The van der Waals surface area contributed by atoms with Crippen molar-refractivity contribution >= 4 is 29.3 Å². The molecule has 8 nitrogen and oxygen atoms in total. The maximum atomic E-state index is 13.2. The number of ether oxygens (including phenoxy) is 4. The van der Waals surface area contributed by atoms with Gasteiger partial charge in [0, 0.05) is 46.7 Å². The summed E-state index contributed by atoms with van der Waals surface area (Å²) in [4.78, 5) is 29.3. The fourth-order valence-electron chi connectivity index (χ4n) is 5.33. The molecule has 0 bridgehead atoms. The zero-order valence-electron chi connectivity index (χ0n) is 20.7. The van der Waals surface area contributed by atoms with Crippen LogP contribution in [0.15, 0.2) is 21.8 Å². The third kappa shape index (κ3) is 4.86. The first-order valence-corrected chi connectivity index (χ1v) is 13.9. The van der Waals surface area contributed by atoms with E-state index in [0.717, 1.165) is 36.3 Å². The van der Waals surface area contributed by atoms with E-state index in [1.807, 2.05) is 26.2 Å². The Morgan fingerprint density at radius 1 is 1.19 bits per heavy atom. The topological polar surface area (TPSA) is 98.9 Å². The Labute approximate surface area is 219 Å². The van der Waals surface area contributed by atoms with E-state index in [0.29, 0.717) is 59.0 Å². The Balaban J connectivity index is 1.31. The first kappa shape index (κ1) is 25.4. The lowest BCUT2D eigenvalue weighted by molar-refractivity contribution is -0.187. The average Bonchev–Trinajstić information content (AvgIpc) is 3.33. The van der Waals surface area contributed by atoms with Gasteiger partial charge in [-0.2, -0.15) is 0 Å². The SMILES string of the molecule is CSc1cc(C)[nH]c(=O)c1CNC(=O)c1cc(Cl)c2c(c1C)O[C@H](C1CCC3(CC1)OCCO3)CO2. The van der Waals surface area contributed by atoms with Crippen molar-refractivity contribution in [3.8, 4) is 11.5 Å². The minimum atomic E-state index is -0.427. The van der Waals surface area contributed by atoms with Crippen LogP contribution in [0.25, 0.3) is 0 Å². The number of thioether (sulfide) groups is 1. The van der Waals surface area contributed by atoms with E-state index in [4.69, 9.17) is 30.5 Å². The van der Waals surface area contributed by atoms with Crippen LogP contribution in [0.2, 0.25) is 5.02 Å². The number of aryl methyl sites for hydroxylation is 1. The number of H-pyrrole nitrogens is 1. The van der Waals surface area contributed by atoms with Crippen molar-refractivity contribution < 1.29 is 23.7 Å². The highest BCUT2D eigenvalue weighted by Gasteiger charge is 2.43. The van der Waals surface area contributed by atoms with Crippen molar-refractivity contribution in [2.24, 2.45) is 5.92 Å². The summed E-state index contributed by atoms with van der Waals surface area (Å²) >= 11 is 7.98. The number of carbonyl (C=O) groups is 1. The second-order valence-electron chi connectivity index (χ2n) is 9.61. The normalized spacial score (nSPS) is 21.1. The number of aromatic amines is 1. The molecule has 194 valence electrons. The summed E-state index contributed by atoms with van der Waals surface area (Å²) in [6, 6.07) is 3.50. The van der Waals surface area contributed by atoms with Gasteiger partial charge in [0.05, 0.1) is 18.2 Å². The Morgan fingerprint density at radius 3 is 2.61 bits per heavy atom. The van der Waals surface area contributed by atoms with Crippen LogP contribution in [0.5, 0.6) is 11.5 Å². The van der Waals surface area contributed by atoms with Gasteiger partial charge in [0.1, 0.15) is 12.7 Å². The van der Waals surface area contributed by atoms with Crippen LogP contribution < -0.4 is 20.3 Å². The summed E-state index contributed by atoms with van der Waals surface area (Å²) in [5.74, 6) is 0.520. The van der Waals surface area contributed by atoms with Gasteiger partial charge in [-0.15, -0.1) is 11.8 Å². The van der Waals surface area contributed by atoms with Crippen LogP contribution >= 0.6 is 23.4 Å². The summed E-state index contributed by atoms with van der Waals surface area (Å²) in [5, 5.41) is 3.20. The molecule has 3 heterocycles. The second kappa shape index (κ2) is 10.3. The lowest BCUT2D eigenvalue weighted by atomic mass is 9.81. The quantitative estimate of drug-likeness (QED) is 0.549. The minimum absolute atomic E-state index is 0.104. The zero-order valence-corrected chi connectivity index (χ0v) is 22.3. The van der Waals surface area contributed by atoms with E-state index in [1.54, 1.807) is 6.07 Å². The number of hydrogen-bond donors (Lipinski definition) is 2. The summed E-state index contributed by atoms with van der Waals surface area (Å²) in [7, 11) is 0. The molecule has 0 unspecified atom stereocenters. The number of carbonyl (C=O) groups excluding carboxylic acids is 1. The third-order valence-electron chi connectivity index (χ3n) is 7.35. The molecule has 1 atom stereocenters. The number of aromatic nitrogens is 1. The van der Waals surface area contributed by atoms with Crippen molar-refractivity contribution in [3.63, 3.8) is 0 Å². The Bertz CT molecular complexity index is 1220. The number of fused-ring (bicyclic) bond motifs is 1. The van der Waals surface area contributed by atoms with Gasteiger partial charge in [0.25, 0.3) is 11.5 Å². The van der Waals surface area contributed by atoms with Gasteiger partial charge in [-0.3, -0.25) is 9.59 Å². The first-order valence-electron chi connectivity index (χ1n) is 12.3. The van der Waals surface area contributed by atoms with Crippen LogP contribution in [0.1, 0.15) is 52.9 Å². The molecule has 1 saturated carbocycles. The van der Waals surface area contributed by atoms with E-state index in [2.05, 4.69) is 10.3 Å². The molecule has 2 aliphatic heterocycles. The summed E-state index contributed by atoms with van der Waals surface area (Å²) < 4.78 is 24.2. The van der Waals surface area contributed by atoms with E-state index < -0.39 is 5.79 Å². The van der Waals surface area contributed by atoms with E-state index in [1.165, 1.54) is 11.8 Å². The molecule has 10 heteroatoms. The Kier molecular flexibility index (Phi) is 7.27. The van der Waals surface area contributed by atoms with Crippen molar-refractivity contribution in [2.75, 3.05) is 26.1 Å². The fraction of sp³-hybridized carbons (Fsp3) is 0.538. The molecule has 2 N–H and O–H groups in total. The van der Waals surface area contributed by atoms with Gasteiger partial charge in [0.15, 0.2) is 17.3 Å². The van der Waals surface area contributed by atoms with Crippen LogP contribution in [0, 0.1) is 19.8 Å². The predicted molar refractivity (Wildman–Crippen MR) is 137 cm³/mol. The molecule has 1 amide bonds. The fourth-order valence-corrected chi connectivity index (χ4v) is 6.29. The highest BCUT2D eigenvalue weighted by atomic mass is 35.5. The molecule has 1 aliphatic carbocycles. The molecule has 0 radical (unpaired) electrons. The van der Waals surface area contributed by atoms with Gasteiger partial charge in [-0.25, -0.2) is 0 Å². The standard InChI is InChI=1S/C26H31ClN2O6S/c1-14-10-21(36-3)18(25(31)29-14)12-28-24(30)17-11-19(27)23-22(15(17)2)35-20(13-32-23)16-4-6-26(7-5-16)33-8-9-34-26/h10-11,16,20H,4-9,12-13H2,1-3H3,(H,28,30)(H,29,31)/t20-/m0/s1. The Hall–Kier alpha value is -2.20. The lowest BCUT2D eigenvalue weighted by Gasteiger charge is -2.40. The molecule has 5 rings (SSSR count). The monoisotopic (exact) mass is 534 g/mol. The van der Waals surface area contributed by atoms with Crippen molar-refractivity contribution in [2.45, 2.75) is 62.9 Å². The number of nitrogens with one attached hydrogen (secondary N) is 2. The number of amides is 1. The highest BCUT2D eigenvalue weighted by Crippen LogP contribution is 2.46. The number of halogens is 1. The van der Waals surface area contributed by atoms with Gasteiger partial charge in [-0.1, -0.05) is 11.6 Å². The molecule has 1 saturated heterocycles. The molecule has 2 fully saturated rings. The molecular formula is C26H31ClN2O6S. The number of hydrogen-bond acceptors (Lipinski definition) is 7. The molecule has 36 heavy (non-hydrogen) atoms.